The van der Waals surface area contributed by atoms with E-state index in [2.05, 4.69) is 22.9 Å². The highest BCUT2D eigenvalue weighted by Gasteiger charge is 2.31. The van der Waals surface area contributed by atoms with Gasteiger partial charge in [0.15, 0.2) is 0 Å². The van der Waals surface area contributed by atoms with Crippen LogP contribution in [0.15, 0.2) is 42.5 Å². The first-order chi connectivity index (χ1) is 10.2. The molecule has 2 atom stereocenters. The molecule has 1 aliphatic rings. The van der Waals surface area contributed by atoms with Gasteiger partial charge in [0.2, 0.25) is 0 Å². The zero-order chi connectivity index (χ0) is 14.8. The average molecular weight is 281 g/mol. The molecule has 21 heavy (non-hydrogen) atoms. The Morgan fingerprint density at radius 1 is 1.29 bits per heavy atom. The quantitative estimate of drug-likeness (QED) is 0.843. The molecule has 4 heteroatoms. The molecular formula is C17H16FN3. The summed E-state index contributed by atoms with van der Waals surface area (Å²) in [5.74, 6) is 1.07. The van der Waals surface area contributed by atoms with Crippen LogP contribution in [0.2, 0.25) is 0 Å². The van der Waals surface area contributed by atoms with Crippen molar-refractivity contribution in [2.24, 2.45) is 5.92 Å². The lowest BCUT2D eigenvalue weighted by molar-refractivity contribution is 0.602. The van der Waals surface area contributed by atoms with E-state index >= 15 is 0 Å². The van der Waals surface area contributed by atoms with Crippen molar-refractivity contribution < 1.29 is 4.39 Å². The zero-order valence-corrected chi connectivity index (χ0v) is 11.8. The number of nitriles is 1. The molecule has 1 aromatic heterocycles. The van der Waals surface area contributed by atoms with Gasteiger partial charge in [-0.25, -0.2) is 9.37 Å². The third kappa shape index (κ3) is 2.73. The molecule has 0 spiro atoms. The van der Waals surface area contributed by atoms with Crippen LogP contribution in [-0.4, -0.2) is 11.5 Å². The Bertz CT molecular complexity index is 692. The number of halogens is 1. The van der Waals surface area contributed by atoms with Gasteiger partial charge >= 0.3 is 0 Å². The van der Waals surface area contributed by atoms with E-state index in [1.165, 1.54) is 6.07 Å². The summed E-state index contributed by atoms with van der Waals surface area (Å²) in [6, 6.07) is 14.4. The molecule has 0 aliphatic carbocycles. The van der Waals surface area contributed by atoms with E-state index in [-0.39, 0.29) is 11.9 Å². The molecule has 2 aromatic rings. The summed E-state index contributed by atoms with van der Waals surface area (Å²) in [5.41, 5.74) is 1.37. The molecule has 0 N–H and O–H groups in total. The molecule has 1 saturated heterocycles. The molecule has 1 aromatic carbocycles. The Morgan fingerprint density at radius 3 is 2.86 bits per heavy atom. The van der Waals surface area contributed by atoms with Crippen molar-refractivity contribution in [3.05, 3.63) is 59.5 Å². The third-order valence-electron chi connectivity index (χ3n) is 3.89. The average Bonchev–Trinajstić information content (AvgIpc) is 2.89. The molecule has 0 radical (unpaired) electrons. The lowest BCUT2D eigenvalue weighted by Crippen LogP contribution is -2.24. The molecule has 3 nitrogen and oxygen atoms in total. The van der Waals surface area contributed by atoms with Crippen LogP contribution in [0.4, 0.5) is 10.2 Å². The molecule has 0 saturated carbocycles. The van der Waals surface area contributed by atoms with Crippen LogP contribution in [0.1, 0.15) is 30.6 Å². The van der Waals surface area contributed by atoms with Gasteiger partial charge < -0.3 is 4.90 Å². The minimum Gasteiger partial charge on any atom is -0.349 e. The summed E-state index contributed by atoms with van der Waals surface area (Å²) in [5, 5.41) is 9.00. The Balaban J connectivity index is 1.97. The van der Waals surface area contributed by atoms with Crippen molar-refractivity contribution in [2.75, 3.05) is 11.4 Å². The van der Waals surface area contributed by atoms with Crippen molar-refractivity contribution in [3.8, 4) is 6.07 Å². The first-order valence-electron chi connectivity index (χ1n) is 7.06. The Kier molecular flexibility index (Phi) is 3.57. The Labute approximate surface area is 123 Å². The normalized spacial score (nSPS) is 21.3. The first kappa shape index (κ1) is 13.6. The van der Waals surface area contributed by atoms with Gasteiger partial charge in [0, 0.05) is 6.54 Å². The zero-order valence-electron chi connectivity index (χ0n) is 11.8. The Morgan fingerprint density at radius 2 is 2.10 bits per heavy atom. The predicted octanol–water partition coefficient (Wildman–Crippen LogP) is 3.68. The van der Waals surface area contributed by atoms with E-state index in [1.54, 1.807) is 18.2 Å². The summed E-state index contributed by atoms with van der Waals surface area (Å²) in [6.45, 7) is 3.05. The van der Waals surface area contributed by atoms with Gasteiger partial charge in [0.05, 0.1) is 6.04 Å². The first-order valence-corrected chi connectivity index (χ1v) is 7.06. The molecular weight excluding hydrogens is 265 g/mol. The Hall–Kier alpha value is -2.41. The van der Waals surface area contributed by atoms with Gasteiger partial charge in [0.25, 0.3) is 0 Å². The molecule has 0 bridgehead atoms. The van der Waals surface area contributed by atoms with Crippen LogP contribution >= 0.6 is 0 Å². The largest absolute Gasteiger partial charge is 0.349 e. The summed E-state index contributed by atoms with van der Waals surface area (Å²) >= 11 is 0. The molecule has 1 aliphatic heterocycles. The lowest BCUT2D eigenvalue weighted by atomic mass is 10.0. The van der Waals surface area contributed by atoms with E-state index in [9.17, 15) is 4.39 Å². The van der Waals surface area contributed by atoms with Gasteiger partial charge in [-0.3, -0.25) is 0 Å². The number of hydrogen-bond acceptors (Lipinski definition) is 3. The number of aromatic nitrogens is 1. The number of rotatable bonds is 2. The van der Waals surface area contributed by atoms with Crippen molar-refractivity contribution in [1.82, 2.24) is 4.98 Å². The number of hydrogen-bond donors (Lipinski definition) is 0. The van der Waals surface area contributed by atoms with E-state index in [0.717, 1.165) is 24.3 Å². The molecule has 2 unspecified atom stereocenters. The van der Waals surface area contributed by atoms with Crippen LogP contribution in [0.5, 0.6) is 0 Å². The van der Waals surface area contributed by atoms with Crippen molar-refractivity contribution in [1.29, 1.82) is 5.26 Å². The summed E-state index contributed by atoms with van der Waals surface area (Å²) in [6.07, 6.45) is 0.960. The van der Waals surface area contributed by atoms with Crippen LogP contribution in [-0.2, 0) is 0 Å². The standard InChI is InChI=1S/C17H16FN3/c1-12-8-16(13-4-2-5-14(18)9-13)21(11-12)17-7-3-6-15(10-19)20-17/h2-7,9,12,16H,8,11H2,1H3. The molecule has 2 heterocycles. The summed E-state index contributed by atoms with van der Waals surface area (Å²) in [7, 11) is 0. The predicted molar refractivity (Wildman–Crippen MR) is 79.2 cm³/mol. The number of anilines is 1. The maximum atomic E-state index is 13.5. The van der Waals surface area contributed by atoms with Gasteiger partial charge in [-0.05, 0) is 42.2 Å². The third-order valence-corrected chi connectivity index (χ3v) is 3.89. The van der Waals surface area contributed by atoms with Crippen LogP contribution in [0.3, 0.4) is 0 Å². The second-order valence-electron chi connectivity index (χ2n) is 5.56. The van der Waals surface area contributed by atoms with Gasteiger partial charge in [0.1, 0.15) is 23.4 Å². The van der Waals surface area contributed by atoms with E-state index in [0.29, 0.717) is 11.6 Å². The number of pyridine rings is 1. The second kappa shape index (κ2) is 5.53. The minimum absolute atomic E-state index is 0.108. The molecule has 1 fully saturated rings. The highest BCUT2D eigenvalue weighted by molar-refractivity contribution is 5.46. The SMILES string of the molecule is CC1CC(c2cccc(F)c2)N(c2cccc(C#N)n2)C1. The number of nitrogens with zero attached hydrogens (tertiary/aromatic N) is 3. The maximum absolute atomic E-state index is 13.5. The van der Waals surface area contributed by atoms with Crippen LogP contribution < -0.4 is 4.90 Å². The topological polar surface area (TPSA) is 39.9 Å². The minimum atomic E-state index is -0.217. The second-order valence-corrected chi connectivity index (χ2v) is 5.56. The molecule has 3 rings (SSSR count). The van der Waals surface area contributed by atoms with Crippen LogP contribution in [0, 0.1) is 23.1 Å². The van der Waals surface area contributed by atoms with Crippen molar-refractivity contribution >= 4 is 5.82 Å². The smallest absolute Gasteiger partial charge is 0.142 e. The van der Waals surface area contributed by atoms with Gasteiger partial charge in [-0.15, -0.1) is 0 Å². The fraction of sp³-hybridized carbons (Fsp3) is 0.294. The maximum Gasteiger partial charge on any atom is 0.142 e. The van der Waals surface area contributed by atoms with Crippen molar-refractivity contribution in [2.45, 2.75) is 19.4 Å². The van der Waals surface area contributed by atoms with Gasteiger partial charge in [-0.2, -0.15) is 5.26 Å². The highest BCUT2D eigenvalue weighted by atomic mass is 19.1. The molecule has 0 amide bonds. The lowest BCUT2D eigenvalue weighted by Gasteiger charge is -2.26. The monoisotopic (exact) mass is 281 g/mol. The summed E-state index contributed by atoms with van der Waals surface area (Å²) in [4.78, 5) is 6.54. The van der Waals surface area contributed by atoms with Gasteiger partial charge in [-0.1, -0.05) is 25.1 Å². The highest BCUT2D eigenvalue weighted by Crippen LogP contribution is 2.38. The number of benzene rings is 1. The molecule has 106 valence electrons. The van der Waals surface area contributed by atoms with E-state index in [4.69, 9.17) is 5.26 Å². The van der Waals surface area contributed by atoms with E-state index < -0.39 is 0 Å². The summed E-state index contributed by atoms with van der Waals surface area (Å²) < 4.78 is 13.5. The fourth-order valence-corrected chi connectivity index (χ4v) is 2.97. The van der Waals surface area contributed by atoms with Crippen LogP contribution in [0.25, 0.3) is 0 Å². The fourth-order valence-electron chi connectivity index (χ4n) is 2.97. The van der Waals surface area contributed by atoms with E-state index in [1.807, 2.05) is 18.2 Å². The van der Waals surface area contributed by atoms with Crippen molar-refractivity contribution in [3.63, 3.8) is 0 Å².